The lowest BCUT2D eigenvalue weighted by Gasteiger charge is -2.19. The van der Waals surface area contributed by atoms with Crippen LogP contribution < -0.4 is 10.1 Å². The van der Waals surface area contributed by atoms with Crippen LogP contribution in [0.2, 0.25) is 0 Å². The van der Waals surface area contributed by atoms with Crippen LogP contribution in [0.15, 0.2) is 64.8 Å². The monoisotopic (exact) mass is 587 g/mol. The Labute approximate surface area is 247 Å². The first kappa shape index (κ1) is 34.4. The zero-order valence-corrected chi connectivity index (χ0v) is 25.5. The zero-order valence-electron chi connectivity index (χ0n) is 24.7. The summed E-state index contributed by atoms with van der Waals surface area (Å²) in [6, 6.07) is 17.0. The molecule has 0 aliphatic carbocycles. The summed E-state index contributed by atoms with van der Waals surface area (Å²) in [6.07, 6.45) is 16.8. The van der Waals surface area contributed by atoms with Crippen LogP contribution in [0.3, 0.4) is 0 Å². The summed E-state index contributed by atoms with van der Waals surface area (Å²) in [5.41, 5.74) is 1.50. The Morgan fingerprint density at radius 2 is 1.32 bits per heavy atom. The maximum absolute atomic E-state index is 12.2. The molecule has 0 aliphatic heterocycles. The van der Waals surface area contributed by atoms with Crippen LogP contribution in [0.25, 0.3) is 0 Å². The second kappa shape index (κ2) is 21.0. The molecule has 1 atom stereocenters. The summed E-state index contributed by atoms with van der Waals surface area (Å²) in [5.74, 6) is -0.0427. The predicted octanol–water partition coefficient (Wildman–Crippen LogP) is 8.72. The molecule has 0 saturated carbocycles. The van der Waals surface area contributed by atoms with Gasteiger partial charge in [0.25, 0.3) is 10.1 Å². The van der Waals surface area contributed by atoms with E-state index in [4.69, 9.17) is 9.29 Å². The van der Waals surface area contributed by atoms with Crippen LogP contribution in [-0.4, -0.2) is 37.3 Å². The van der Waals surface area contributed by atoms with Gasteiger partial charge < -0.3 is 10.1 Å². The van der Waals surface area contributed by atoms with Gasteiger partial charge in [-0.25, -0.2) is 0 Å². The number of hydrogen-bond donors (Lipinski definition) is 2. The number of azo groups is 1. The molecule has 2 aromatic rings. The van der Waals surface area contributed by atoms with E-state index in [2.05, 4.69) is 22.5 Å². The molecule has 0 bridgehead atoms. The van der Waals surface area contributed by atoms with Gasteiger partial charge in [0.15, 0.2) is 0 Å². The Balaban J connectivity index is 1.77. The first-order valence-corrected chi connectivity index (χ1v) is 16.9. The fourth-order valence-corrected chi connectivity index (χ4v) is 4.93. The molecule has 2 rings (SSSR count). The Morgan fingerprint density at radius 3 is 1.88 bits per heavy atom. The van der Waals surface area contributed by atoms with Crippen molar-refractivity contribution < 1.29 is 22.5 Å². The Morgan fingerprint density at radius 1 is 0.780 bits per heavy atom. The average Bonchev–Trinajstić information content (AvgIpc) is 2.96. The zero-order chi connectivity index (χ0) is 29.6. The number of hydrogen-bond acceptors (Lipinski definition) is 6. The third kappa shape index (κ3) is 18.3. The molecule has 0 saturated heterocycles. The lowest BCUT2D eigenvalue weighted by molar-refractivity contribution is -0.121. The molecule has 0 aliphatic rings. The van der Waals surface area contributed by atoms with Crippen LogP contribution in [0.4, 0.5) is 11.4 Å². The average molecular weight is 588 g/mol. The van der Waals surface area contributed by atoms with Crippen LogP contribution in [-0.2, 0) is 14.9 Å². The minimum absolute atomic E-state index is 0.110. The molecule has 0 fully saturated rings. The first-order valence-electron chi connectivity index (χ1n) is 15.3. The number of amides is 1. The van der Waals surface area contributed by atoms with Crippen molar-refractivity contribution in [2.75, 3.05) is 12.3 Å². The molecule has 1 amide bonds. The van der Waals surface area contributed by atoms with Gasteiger partial charge in [-0.3, -0.25) is 9.35 Å². The van der Waals surface area contributed by atoms with Crippen molar-refractivity contribution in [1.82, 2.24) is 5.32 Å². The van der Waals surface area contributed by atoms with Crippen LogP contribution in [0.1, 0.15) is 103 Å². The Hall–Kier alpha value is -2.78. The van der Waals surface area contributed by atoms with E-state index in [9.17, 15) is 13.2 Å². The van der Waals surface area contributed by atoms with Crippen LogP contribution >= 0.6 is 0 Å². The number of ether oxygens (including phenoxy) is 1. The molecule has 228 valence electrons. The molecule has 2 aromatic carbocycles. The lowest BCUT2D eigenvalue weighted by atomic mass is 10.0. The minimum Gasteiger partial charge on any atom is -0.490 e. The second-order valence-corrected chi connectivity index (χ2v) is 12.2. The molecule has 2 N–H and O–H groups in total. The highest BCUT2D eigenvalue weighted by Gasteiger charge is 2.14. The smallest absolute Gasteiger partial charge is 0.266 e. The van der Waals surface area contributed by atoms with E-state index < -0.39 is 15.9 Å². The van der Waals surface area contributed by atoms with E-state index >= 15 is 0 Å². The molecule has 0 radical (unpaired) electrons. The Kier molecular flexibility index (Phi) is 17.6. The highest BCUT2D eigenvalue weighted by Crippen LogP contribution is 2.24. The highest BCUT2D eigenvalue weighted by molar-refractivity contribution is 7.85. The van der Waals surface area contributed by atoms with Crippen LogP contribution in [0, 0.1) is 0 Å². The Bertz CT molecular complexity index is 1090. The van der Waals surface area contributed by atoms with Crippen molar-refractivity contribution in [2.24, 2.45) is 10.2 Å². The predicted molar refractivity (Wildman–Crippen MR) is 166 cm³/mol. The second-order valence-electron chi connectivity index (χ2n) is 10.6. The number of benzene rings is 2. The van der Waals surface area contributed by atoms with E-state index in [1.165, 1.54) is 64.2 Å². The fraction of sp³-hybridized carbons (Fsp3) is 0.594. The van der Waals surface area contributed by atoms with Gasteiger partial charge in [-0.15, -0.1) is 0 Å². The molecule has 8 nitrogen and oxygen atoms in total. The molecule has 9 heteroatoms. The van der Waals surface area contributed by atoms with Crippen molar-refractivity contribution in [2.45, 2.75) is 109 Å². The number of rotatable bonds is 23. The van der Waals surface area contributed by atoms with Gasteiger partial charge in [-0.2, -0.15) is 18.6 Å². The summed E-state index contributed by atoms with van der Waals surface area (Å²) in [4.78, 5) is 12.2. The van der Waals surface area contributed by atoms with Crippen molar-refractivity contribution in [3.63, 3.8) is 0 Å². The largest absolute Gasteiger partial charge is 0.490 e. The highest BCUT2D eigenvalue weighted by atomic mass is 32.2. The van der Waals surface area contributed by atoms with E-state index in [0.29, 0.717) is 12.2 Å². The van der Waals surface area contributed by atoms with E-state index in [1.807, 2.05) is 54.6 Å². The topological polar surface area (TPSA) is 117 Å². The van der Waals surface area contributed by atoms with Gasteiger partial charge in [0.05, 0.1) is 23.2 Å². The van der Waals surface area contributed by atoms with Crippen molar-refractivity contribution in [3.8, 4) is 5.75 Å². The summed E-state index contributed by atoms with van der Waals surface area (Å²) >= 11 is 0. The molecular weight excluding hydrogens is 538 g/mol. The van der Waals surface area contributed by atoms with Crippen molar-refractivity contribution in [3.05, 3.63) is 54.6 Å². The lowest BCUT2D eigenvalue weighted by Crippen LogP contribution is -2.30. The van der Waals surface area contributed by atoms with Crippen molar-refractivity contribution in [1.29, 1.82) is 0 Å². The van der Waals surface area contributed by atoms with E-state index in [-0.39, 0.29) is 25.0 Å². The number of carbonyl (C=O) groups is 1. The van der Waals surface area contributed by atoms with Crippen molar-refractivity contribution >= 4 is 27.4 Å². The van der Waals surface area contributed by atoms with Gasteiger partial charge in [0.2, 0.25) is 5.91 Å². The summed E-state index contributed by atoms with van der Waals surface area (Å²) < 4.78 is 36.9. The number of nitrogens with zero attached hydrogens (tertiary/aromatic N) is 2. The summed E-state index contributed by atoms with van der Waals surface area (Å²) in [6.45, 7) is 2.14. The molecular formula is C32H49N3O5S. The van der Waals surface area contributed by atoms with Gasteiger partial charge in [0.1, 0.15) is 5.75 Å². The van der Waals surface area contributed by atoms with Gasteiger partial charge in [-0.05, 0) is 55.7 Å². The SMILES string of the molecule is CCCCCCCCCCCCCCC(CCC(=O)NCCS(=O)(=O)O)Oc1ccc(N=Nc2ccccc2)cc1. The number of nitrogens with one attached hydrogen (secondary N) is 1. The van der Waals surface area contributed by atoms with Gasteiger partial charge >= 0.3 is 0 Å². The normalized spacial score (nSPS) is 12.4. The molecule has 41 heavy (non-hydrogen) atoms. The summed E-state index contributed by atoms with van der Waals surface area (Å²) in [7, 11) is -4.10. The molecule has 0 heterocycles. The van der Waals surface area contributed by atoms with E-state index in [1.54, 1.807) is 0 Å². The maximum Gasteiger partial charge on any atom is 0.266 e. The third-order valence-electron chi connectivity index (χ3n) is 6.93. The van der Waals surface area contributed by atoms with Gasteiger partial charge in [-0.1, -0.05) is 95.8 Å². The quantitative estimate of drug-likeness (QED) is 0.0766. The molecule has 0 aromatic heterocycles. The maximum atomic E-state index is 12.2. The third-order valence-corrected chi connectivity index (χ3v) is 7.65. The first-order chi connectivity index (χ1) is 19.9. The minimum atomic E-state index is -4.10. The fourth-order valence-electron chi connectivity index (χ4n) is 4.57. The number of unbranched alkanes of at least 4 members (excludes halogenated alkanes) is 11. The van der Waals surface area contributed by atoms with Gasteiger partial charge in [0, 0.05) is 13.0 Å². The van der Waals surface area contributed by atoms with Crippen LogP contribution in [0.5, 0.6) is 5.75 Å². The number of carbonyl (C=O) groups excluding carboxylic acids is 1. The molecule has 0 spiro atoms. The standard InChI is InChI=1S/C32H49N3O5S/c1-2-3-4-5-6-7-8-9-10-11-12-16-19-30(24-25-32(36)33-26-27-41(37,38)39)40-31-22-20-29(21-23-31)35-34-28-17-14-13-15-18-28/h13-15,17-18,20-23,30H,2-12,16,19,24-27H2,1H3,(H,33,36)(H,37,38,39). The van der Waals surface area contributed by atoms with E-state index in [0.717, 1.165) is 30.6 Å². The molecule has 1 unspecified atom stereocenters. The summed E-state index contributed by atoms with van der Waals surface area (Å²) in [5, 5.41) is 11.1.